The van der Waals surface area contributed by atoms with E-state index in [9.17, 15) is 0 Å². The van der Waals surface area contributed by atoms with Crippen LogP contribution in [0.5, 0.6) is 0 Å². The highest BCUT2D eigenvalue weighted by molar-refractivity contribution is 5.85. The highest BCUT2D eigenvalue weighted by atomic mass is 35.5. The van der Waals surface area contributed by atoms with E-state index >= 15 is 0 Å². The van der Waals surface area contributed by atoms with Gasteiger partial charge >= 0.3 is 0 Å². The largest absolute Gasteiger partial charge is 0.376 e. The fourth-order valence-corrected chi connectivity index (χ4v) is 4.21. The van der Waals surface area contributed by atoms with Gasteiger partial charge in [0.1, 0.15) is 0 Å². The summed E-state index contributed by atoms with van der Waals surface area (Å²) >= 11 is 0. The third-order valence-electron chi connectivity index (χ3n) is 5.45. The minimum Gasteiger partial charge on any atom is -0.376 e. The summed E-state index contributed by atoms with van der Waals surface area (Å²) in [5, 5.41) is 0. The van der Waals surface area contributed by atoms with Gasteiger partial charge in [0.2, 0.25) is 0 Å². The molecule has 138 valence electrons. The second-order valence-electron chi connectivity index (χ2n) is 6.89. The normalized spacial score (nSPS) is 18.2. The third-order valence-corrected chi connectivity index (χ3v) is 5.45. The summed E-state index contributed by atoms with van der Waals surface area (Å²) in [5.74, 6) is 0. The fraction of sp³-hybridized carbons (Fsp3) is 0.714. The van der Waals surface area contributed by atoms with Crippen molar-refractivity contribution in [3.05, 3.63) is 35.9 Å². The molecule has 0 radical (unpaired) electrons. The number of halogens is 1. The van der Waals surface area contributed by atoms with Crippen LogP contribution in [0.1, 0.15) is 71.3 Å². The van der Waals surface area contributed by atoms with Crippen molar-refractivity contribution < 1.29 is 4.74 Å². The molecule has 0 aliphatic heterocycles. The number of likely N-dealkylation sites (N-methyl/N-ethyl adjacent to an activating group) is 1. The summed E-state index contributed by atoms with van der Waals surface area (Å²) in [6.45, 7) is 9.81. The molecule has 1 aliphatic rings. The molecule has 0 heterocycles. The Bertz CT molecular complexity index is 429. The molecule has 1 aromatic rings. The van der Waals surface area contributed by atoms with Crippen molar-refractivity contribution >= 4 is 12.4 Å². The fourth-order valence-electron chi connectivity index (χ4n) is 4.21. The molecule has 1 aliphatic carbocycles. The van der Waals surface area contributed by atoms with E-state index in [1.807, 2.05) is 0 Å². The summed E-state index contributed by atoms with van der Waals surface area (Å²) in [7, 11) is 0. The summed E-state index contributed by atoms with van der Waals surface area (Å²) in [6.07, 6.45) is 9.35. The van der Waals surface area contributed by atoms with E-state index in [2.05, 4.69) is 56.0 Å². The van der Waals surface area contributed by atoms with Gasteiger partial charge in [-0.15, -0.1) is 12.4 Å². The van der Waals surface area contributed by atoms with Crippen LogP contribution in [0.15, 0.2) is 30.3 Å². The van der Waals surface area contributed by atoms with Crippen LogP contribution in [-0.2, 0) is 10.3 Å². The van der Waals surface area contributed by atoms with E-state index in [1.54, 1.807) is 0 Å². The predicted molar refractivity (Wildman–Crippen MR) is 106 cm³/mol. The average molecular weight is 354 g/mol. The summed E-state index contributed by atoms with van der Waals surface area (Å²) in [4.78, 5) is 2.61. The first-order valence-electron chi connectivity index (χ1n) is 9.69. The number of rotatable bonds is 9. The third kappa shape index (κ3) is 5.21. The first-order chi connectivity index (χ1) is 11.3. The molecule has 2 nitrogen and oxygen atoms in total. The smallest absolute Gasteiger partial charge is 0.0696 e. The molecule has 0 amide bonds. The van der Waals surface area contributed by atoms with E-state index in [4.69, 9.17) is 4.74 Å². The Balaban J connectivity index is 0.00000288. The predicted octanol–water partition coefficient (Wildman–Crippen LogP) is 5.79. The van der Waals surface area contributed by atoms with Crippen molar-refractivity contribution in [2.45, 2.75) is 77.4 Å². The van der Waals surface area contributed by atoms with Crippen molar-refractivity contribution in [2.24, 2.45) is 0 Å². The van der Waals surface area contributed by atoms with Crippen molar-refractivity contribution in [3.63, 3.8) is 0 Å². The molecule has 3 heteroatoms. The van der Waals surface area contributed by atoms with Crippen molar-refractivity contribution in [2.75, 3.05) is 19.7 Å². The topological polar surface area (TPSA) is 12.5 Å². The van der Waals surface area contributed by atoms with E-state index in [1.165, 1.54) is 44.1 Å². The maximum atomic E-state index is 6.50. The molecule has 2 rings (SSSR count). The zero-order valence-corrected chi connectivity index (χ0v) is 16.6. The van der Waals surface area contributed by atoms with Gasteiger partial charge in [0.05, 0.1) is 18.2 Å². The van der Waals surface area contributed by atoms with Crippen LogP contribution in [-0.4, -0.2) is 30.7 Å². The minimum absolute atomic E-state index is 0. The van der Waals surface area contributed by atoms with E-state index < -0.39 is 0 Å². The maximum Gasteiger partial charge on any atom is 0.0696 e. The van der Waals surface area contributed by atoms with E-state index in [-0.39, 0.29) is 17.9 Å². The zero-order valence-electron chi connectivity index (χ0n) is 15.8. The lowest BCUT2D eigenvalue weighted by Crippen LogP contribution is -2.50. The van der Waals surface area contributed by atoms with Crippen LogP contribution < -0.4 is 0 Å². The number of nitrogens with zero attached hydrogens (tertiary/aromatic N) is 1. The van der Waals surface area contributed by atoms with Crippen LogP contribution in [0.25, 0.3) is 0 Å². The molecule has 24 heavy (non-hydrogen) atoms. The van der Waals surface area contributed by atoms with Crippen LogP contribution >= 0.6 is 12.4 Å². The number of benzene rings is 1. The lowest BCUT2D eigenvalue weighted by Gasteiger charge is -2.44. The van der Waals surface area contributed by atoms with Crippen LogP contribution in [0.2, 0.25) is 0 Å². The van der Waals surface area contributed by atoms with Gasteiger partial charge in [0.25, 0.3) is 0 Å². The Labute approximate surface area is 155 Å². The highest BCUT2D eigenvalue weighted by Crippen LogP contribution is 2.35. The molecule has 0 bridgehead atoms. The summed E-state index contributed by atoms with van der Waals surface area (Å²) in [5.41, 5.74) is 1.44. The van der Waals surface area contributed by atoms with Gasteiger partial charge in [-0.25, -0.2) is 0 Å². The van der Waals surface area contributed by atoms with Crippen molar-refractivity contribution in [1.82, 2.24) is 4.90 Å². The van der Waals surface area contributed by atoms with Gasteiger partial charge in [-0.2, -0.15) is 0 Å². The SMILES string of the molecule is CCCC(COC1CCCCC1)(c1ccccc1)N(CC)CC.Cl. The molecular formula is C21H36ClNO. The minimum atomic E-state index is 0. The van der Waals surface area contributed by atoms with E-state index in [0.29, 0.717) is 6.10 Å². The monoisotopic (exact) mass is 353 g/mol. The Morgan fingerprint density at radius 1 is 1.00 bits per heavy atom. The molecule has 0 spiro atoms. The maximum absolute atomic E-state index is 6.50. The lowest BCUT2D eigenvalue weighted by molar-refractivity contribution is -0.0575. The van der Waals surface area contributed by atoms with Gasteiger partial charge < -0.3 is 4.74 Å². The number of hydrogen-bond donors (Lipinski definition) is 0. The second kappa shape index (κ2) is 11.1. The summed E-state index contributed by atoms with van der Waals surface area (Å²) in [6, 6.07) is 11.0. The van der Waals surface area contributed by atoms with Gasteiger partial charge in [0, 0.05) is 0 Å². The molecule has 1 saturated carbocycles. The Kier molecular flexibility index (Phi) is 9.95. The molecular weight excluding hydrogens is 318 g/mol. The number of hydrogen-bond acceptors (Lipinski definition) is 2. The van der Waals surface area contributed by atoms with Gasteiger partial charge in [-0.05, 0) is 37.9 Å². The molecule has 1 fully saturated rings. The van der Waals surface area contributed by atoms with Gasteiger partial charge in [-0.3, -0.25) is 4.90 Å². The standard InChI is InChI=1S/C21H35NO.ClH/c1-4-17-21(22(5-2)6-3,19-13-9-7-10-14-19)18-23-20-15-11-8-12-16-20;/h7,9-10,13-14,20H,4-6,8,11-12,15-18H2,1-3H3;1H. The van der Waals surface area contributed by atoms with Crippen molar-refractivity contribution in [3.8, 4) is 0 Å². The Morgan fingerprint density at radius 3 is 2.17 bits per heavy atom. The van der Waals surface area contributed by atoms with Crippen LogP contribution in [0, 0.1) is 0 Å². The second-order valence-corrected chi connectivity index (χ2v) is 6.89. The van der Waals surface area contributed by atoms with E-state index in [0.717, 1.165) is 26.1 Å². The Morgan fingerprint density at radius 2 is 1.62 bits per heavy atom. The highest BCUT2D eigenvalue weighted by Gasteiger charge is 2.37. The molecule has 0 N–H and O–H groups in total. The molecule has 0 saturated heterocycles. The van der Waals surface area contributed by atoms with Gasteiger partial charge in [-0.1, -0.05) is 76.8 Å². The average Bonchev–Trinajstić information content (AvgIpc) is 2.62. The lowest BCUT2D eigenvalue weighted by atomic mass is 9.84. The first kappa shape index (κ1) is 21.5. The first-order valence-corrected chi connectivity index (χ1v) is 9.69. The molecule has 1 aromatic carbocycles. The molecule has 1 atom stereocenters. The van der Waals surface area contributed by atoms with Crippen LogP contribution in [0.3, 0.4) is 0 Å². The molecule has 1 unspecified atom stereocenters. The Hall–Kier alpha value is -0.570. The van der Waals surface area contributed by atoms with Crippen LogP contribution in [0.4, 0.5) is 0 Å². The summed E-state index contributed by atoms with van der Waals surface area (Å²) < 4.78 is 6.50. The number of ether oxygens (including phenoxy) is 1. The van der Waals surface area contributed by atoms with Crippen molar-refractivity contribution in [1.29, 1.82) is 0 Å². The zero-order chi connectivity index (χ0) is 16.5. The molecule has 0 aromatic heterocycles. The quantitative estimate of drug-likeness (QED) is 0.556. The van der Waals surface area contributed by atoms with Gasteiger partial charge in [0.15, 0.2) is 0 Å².